The first-order valence-corrected chi connectivity index (χ1v) is 6.47. The van der Waals surface area contributed by atoms with Crippen LogP contribution in [0.15, 0.2) is 21.6 Å². The highest BCUT2D eigenvalue weighted by molar-refractivity contribution is 7.07. The highest BCUT2D eigenvalue weighted by atomic mass is 32.1. The molecule has 18 heavy (non-hydrogen) atoms. The van der Waals surface area contributed by atoms with E-state index in [4.69, 9.17) is 9.15 Å². The summed E-state index contributed by atoms with van der Waals surface area (Å²) in [6, 6.07) is 0.313. The molecule has 0 radical (unpaired) electrons. The molecule has 0 atom stereocenters. The fraction of sp³-hybridized carbons (Fsp3) is 0.364. The molecule has 0 unspecified atom stereocenters. The van der Waals surface area contributed by atoms with E-state index in [2.05, 4.69) is 15.3 Å². The summed E-state index contributed by atoms with van der Waals surface area (Å²) in [5.41, 5.74) is 2.98. The normalized spacial score (nSPS) is 10.3. The van der Waals surface area contributed by atoms with Gasteiger partial charge in [0.05, 0.1) is 17.8 Å². The molecule has 1 N–H and O–H groups in total. The number of ether oxygens (including phenoxy) is 1. The molecule has 0 aliphatic heterocycles. The van der Waals surface area contributed by atoms with Gasteiger partial charge in [0.1, 0.15) is 6.26 Å². The quantitative estimate of drug-likeness (QED) is 0.806. The number of hydrogen-bond acceptors (Lipinski definition) is 7. The zero-order chi connectivity index (χ0) is 12.8. The van der Waals surface area contributed by atoms with E-state index in [1.165, 1.54) is 6.26 Å². The van der Waals surface area contributed by atoms with Crippen molar-refractivity contribution in [3.8, 4) is 0 Å². The lowest BCUT2D eigenvalue weighted by molar-refractivity contribution is 0.0519. The number of nitrogens with zero attached hydrogens (tertiary/aromatic N) is 2. The van der Waals surface area contributed by atoms with Gasteiger partial charge in [-0.05, 0) is 6.92 Å². The minimum Gasteiger partial charge on any atom is -0.461 e. The van der Waals surface area contributed by atoms with E-state index in [-0.39, 0.29) is 5.69 Å². The van der Waals surface area contributed by atoms with Crippen molar-refractivity contribution in [2.45, 2.75) is 13.3 Å². The highest BCUT2D eigenvalue weighted by Crippen LogP contribution is 2.09. The van der Waals surface area contributed by atoms with Gasteiger partial charge in [0.25, 0.3) is 6.01 Å². The molecule has 0 aromatic carbocycles. The van der Waals surface area contributed by atoms with Gasteiger partial charge in [0, 0.05) is 18.3 Å². The van der Waals surface area contributed by atoms with Crippen LogP contribution in [0.5, 0.6) is 0 Å². The van der Waals surface area contributed by atoms with E-state index in [1.54, 1.807) is 23.8 Å². The van der Waals surface area contributed by atoms with Crippen molar-refractivity contribution in [3.63, 3.8) is 0 Å². The maximum Gasteiger partial charge on any atom is 0.360 e. The zero-order valence-corrected chi connectivity index (χ0v) is 10.7. The maximum absolute atomic E-state index is 11.3. The fourth-order valence-electron chi connectivity index (χ4n) is 1.31. The largest absolute Gasteiger partial charge is 0.461 e. The molecule has 0 saturated heterocycles. The van der Waals surface area contributed by atoms with Crippen LogP contribution in [-0.4, -0.2) is 29.1 Å². The third kappa shape index (κ3) is 3.30. The Labute approximate surface area is 108 Å². The van der Waals surface area contributed by atoms with Crippen molar-refractivity contribution in [3.05, 3.63) is 28.5 Å². The standard InChI is InChI=1S/C11H13N3O3S/c1-2-16-10(15)9-5-17-11(14-9)12-4-3-8-6-18-7-13-8/h5-7H,2-4H2,1H3,(H,12,14). The van der Waals surface area contributed by atoms with E-state index in [1.807, 2.05) is 5.38 Å². The molecule has 96 valence electrons. The van der Waals surface area contributed by atoms with Crippen LogP contribution >= 0.6 is 11.3 Å². The van der Waals surface area contributed by atoms with E-state index < -0.39 is 5.97 Å². The Hall–Kier alpha value is -1.89. The zero-order valence-electron chi connectivity index (χ0n) is 9.88. The minimum absolute atomic E-state index is 0.174. The van der Waals surface area contributed by atoms with Crippen molar-refractivity contribution < 1.29 is 13.9 Å². The van der Waals surface area contributed by atoms with Gasteiger partial charge < -0.3 is 14.5 Å². The first-order valence-electron chi connectivity index (χ1n) is 5.53. The number of rotatable bonds is 6. The molecule has 2 rings (SSSR count). The number of hydrogen-bond donors (Lipinski definition) is 1. The second kappa shape index (κ2) is 6.15. The van der Waals surface area contributed by atoms with Gasteiger partial charge in [-0.15, -0.1) is 11.3 Å². The Morgan fingerprint density at radius 2 is 2.50 bits per heavy atom. The van der Waals surface area contributed by atoms with Crippen LogP contribution in [0.1, 0.15) is 23.1 Å². The van der Waals surface area contributed by atoms with E-state index in [0.29, 0.717) is 19.2 Å². The van der Waals surface area contributed by atoms with Crippen molar-refractivity contribution in [1.82, 2.24) is 9.97 Å². The molecule has 0 bridgehead atoms. The van der Waals surface area contributed by atoms with Crippen LogP contribution in [0.2, 0.25) is 0 Å². The van der Waals surface area contributed by atoms with Crippen molar-refractivity contribution in [2.75, 3.05) is 18.5 Å². The number of nitrogens with one attached hydrogen (secondary N) is 1. The van der Waals surface area contributed by atoms with Crippen LogP contribution in [0.25, 0.3) is 0 Å². The Morgan fingerprint density at radius 3 is 3.22 bits per heavy atom. The number of thiazole rings is 1. The number of carbonyl (C=O) groups excluding carboxylic acids is 1. The van der Waals surface area contributed by atoms with Crippen LogP contribution < -0.4 is 5.32 Å². The summed E-state index contributed by atoms with van der Waals surface area (Å²) in [6.45, 7) is 2.70. The van der Waals surface area contributed by atoms with Crippen LogP contribution in [-0.2, 0) is 11.2 Å². The van der Waals surface area contributed by atoms with Crippen molar-refractivity contribution in [2.24, 2.45) is 0 Å². The lowest BCUT2D eigenvalue weighted by Crippen LogP contribution is -2.07. The second-order valence-electron chi connectivity index (χ2n) is 3.41. The number of carbonyl (C=O) groups is 1. The van der Waals surface area contributed by atoms with Crippen LogP contribution in [0, 0.1) is 0 Å². The molecule has 0 aliphatic rings. The molecule has 0 aliphatic carbocycles. The molecule has 2 aromatic rings. The van der Waals surface area contributed by atoms with Crippen LogP contribution in [0.3, 0.4) is 0 Å². The van der Waals surface area contributed by atoms with Gasteiger partial charge in [0.2, 0.25) is 0 Å². The lowest BCUT2D eigenvalue weighted by atomic mass is 10.3. The van der Waals surface area contributed by atoms with E-state index in [9.17, 15) is 4.79 Å². The molecule has 0 spiro atoms. The third-order valence-electron chi connectivity index (χ3n) is 2.13. The molecule has 2 heterocycles. The van der Waals surface area contributed by atoms with Gasteiger partial charge in [-0.25, -0.2) is 9.78 Å². The monoisotopic (exact) mass is 267 g/mol. The maximum atomic E-state index is 11.3. The molecule has 2 aromatic heterocycles. The Kier molecular flexibility index (Phi) is 4.30. The molecule has 0 amide bonds. The summed E-state index contributed by atoms with van der Waals surface area (Å²) in [6.07, 6.45) is 2.06. The Bertz CT molecular complexity index is 495. The van der Waals surface area contributed by atoms with Crippen LogP contribution in [0.4, 0.5) is 6.01 Å². The van der Waals surface area contributed by atoms with Gasteiger partial charge in [-0.3, -0.25) is 0 Å². The second-order valence-corrected chi connectivity index (χ2v) is 4.13. The summed E-state index contributed by atoms with van der Waals surface area (Å²) < 4.78 is 9.92. The summed E-state index contributed by atoms with van der Waals surface area (Å²) >= 11 is 1.56. The predicted molar refractivity (Wildman–Crippen MR) is 66.8 cm³/mol. The molecular formula is C11H13N3O3S. The Morgan fingerprint density at radius 1 is 1.61 bits per heavy atom. The molecule has 7 heteroatoms. The Balaban J connectivity index is 1.81. The van der Waals surface area contributed by atoms with Gasteiger partial charge in [-0.2, -0.15) is 4.98 Å². The first-order chi connectivity index (χ1) is 8.79. The van der Waals surface area contributed by atoms with Gasteiger partial charge in [0.15, 0.2) is 5.69 Å². The summed E-state index contributed by atoms with van der Waals surface area (Å²) in [7, 11) is 0. The predicted octanol–water partition coefficient (Wildman–Crippen LogP) is 1.96. The first kappa shape index (κ1) is 12.6. The molecular weight excluding hydrogens is 254 g/mol. The smallest absolute Gasteiger partial charge is 0.360 e. The number of aromatic nitrogens is 2. The third-order valence-corrected chi connectivity index (χ3v) is 2.76. The molecule has 0 saturated carbocycles. The van der Waals surface area contributed by atoms with Gasteiger partial charge in [-0.1, -0.05) is 0 Å². The van der Waals surface area contributed by atoms with Crippen molar-refractivity contribution in [1.29, 1.82) is 0 Å². The SMILES string of the molecule is CCOC(=O)c1coc(NCCc2cscn2)n1. The number of anilines is 1. The summed E-state index contributed by atoms with van der Waals surface area (Å²) in [4.78, 5) is 19.5. The molecule has 0 fully saturated rings. The topological polar surface area (TPSA) is 77.2 Å². The molecule has 6 nitrogen and oxygen atoms in total. The van der Waals surface area contributed by atoms with E-state index in [0.717, 1.165) is 12.1 Å². The number of esters is 1. The fourth-order valence-corrected chi connectivity index (χ4v) is 1.91. The van der Waals surface area contributed by atoms with Crippen molar-refractivity contribution >= 4 is 23.3 Å². The highest BCUT2D eigenvalue weighted by Gasteiger charge is 2.12. The summed E-state index contributed by atoms with van der Waals surface area (Å²) in [5, 5.41) is 4.97. The average molecular weight is 267 g/mol. The lowest BCUT2D eigenvalue weighted by Gasteiger charge is -1.98. The van der Waals surface area contributed by atoms with Gasteiger partial charge >= 0.3 is 5.97 Å². The van der Waals surface area contributed by atoms with E-state index >= 15 is 0 Å². The average Bonchev–Trinajstić information content (AvgIpc) is 3.00. The number of oxazole rings is 1. The minimum atomic E-state index is -0.478. The summed E-state index contributed by atoms with van der Waals surface area (Å²) in [5.74, 6) is -0.478.